The van der Waals surface area contributed by atoms with Gasteiger partial charge in [0.25, 0.3) is 5.91 Å². The van der Waals surface area contributed by atoms with Crippen LogP contribution < -0.4 is 4.80 Å². The second kappa shape index (κ2) is 11.9. The van der Waals surface area contributed by atoms with Gasteiger partial charge in [0.2, 0.25) is 0 Å². The first-order valence-electron chi connectivity index (χ1n) is 12.0. The Morgan fingerprint density at radius 3 is 2.79 bits per heavy atom. The number of hydrogen-bond acceptors (Lipinski definition) is 8. The summed E-state index contributed by atoms with van der Waals surface area (Å²) in [4.78, 5) is 27.1. The van der Waals surface area contributed by atoms with E-state index in [0.29, 0.717) is 51.8 Å². The molecule has 10 nitrogen and oxygen atoms in total. The lowest BCUT2D eigenvalue weighted by molar-refractivity contribution is 0.0622. The summed E-state index contributed by atoms with van der Waals surface area (Å²) in [6, 6.07) is 8.47. The van der Waals surface area contributed by atoms with Crippen LogP contribution in [0.4, 0.5) is 10.2 Å². The van der Waals surface area contributed by atoms with E-state index in [2.05, 4.69) is 15.2 Å². The number of hydrogen-bond donors (Lipinski definition) is 0. The Kier molecular flexibility index (Phi) is 8.23. The summed E-state index contributed by atoms with van der Waals surface area (Å²) in [6.07, 6.45) is 5.37. The Balaban J connectivity index is 1.32. The topological polar surface area (TPSA) is 93.7 Å². The molecule has 0 atom stereocenters. The number of thiazole rings is 1. The van der Waals surface area contributed by atoms with Gasteiger partial charge in [-0.15, -0.1) is 16.4 Å². The lowest BCUT2D eigenvalue weighted by Crippen LogP contribution is -2.48. The molecule has 3 aromatic heterocycles. The largest absolute Gasteiger partial charge is 0.364 e. The Morgan fingerprint density at radius 2 is 2.03 bits per heavy atom. The first-order chi connectivity index (χ1) is 18.5. The number of amides is 1. The quantitative estimate of drug-likeness (QED) is 0.331. The van der Waals surface area contributed by atoms with E-state index in [1.165, 1.54) is 23.5 Å². The van der Waals surface area contributed by atoms with Crippen molar-refractivity contribution in [2.45, 2.75) is 19.8 Å². The minimum atomic E-state index is -0.677. The van der Waals surface area contributed by atoms with Gasteiger partial charge in [-0.05, 0) is 29.8 Å². The van der Waals surface area contributed by atoms with Crippen LogP contribution in [0.25, 0.3) is 0 Å². The maximum Gasteiger partial charge on any atom is 0.256 e. The number of benzene rings is 1. The van der Waals surface area contributed by atoms with E-state index >= 15 is 0 Å². The molecule has 0 unspecified atom stereocenters. The number of rotatable bonds is 8. The standard InChI is InChI=1S/C25H26ClFN8O2S/c1-37-17-34-11-12-38-25(34)30-22-14-18(15-35-6-5-28-31-35)13-19(29-22)16-32-7-9-33(10-8-32)24(36)20-3-2-4-21(26)23(20)27/h2-6,11-14H,7-10,15-17H2,1H3/b30-25-. The Labute approximate surface area is 227 Å². The van der Waals surface area contributed by atoms with Crippen LogP contribution in [0.5, 0.6) is 0 Å². The van der Waals surface area contributed by atoms with Crippen LogP contribution in [-0.4, -0.2) is 73.5 Å². The summed E-state index contributed by atoms with van der Waals surface area (Å²) >= 11 is 7.37. The molecule has 198 valence electrons. The first-order valence-corrected chi connectivity index (χ1v) is 13.2. The summed E-state index contributed by atoms with van der Waals surface area (Å²) in [5, 5.41) is 9.87. The zero-order chi connectivity index (χ0) is 26.5. The van der Waals surface area contributed by atoms with Gasteiger partial charge in [-0.1, -0.05) is 22.9 Å². The van der Waals surface area contributed by atoms with Crippen molar-refractivity contribution in [3.63, 3.8) is 0 Å². The van der Waals surface area contributed by atoms with Gasteiger partial charge in [-0.3, -0.25) is 14.3 Å². The molecule has 5 rings (SSSR count). The van der Waals surface area contributed by atoms with Crippen LogP contribution in [0, 0.1) is 5.82 Å². The van der Waals surface area contributed by atoms with E-state index in [9.17, 15) is 9.18 Å². The molecule has 0 N–H and O–H groups in total. The number of methoxy groups -OCH3 is 1. The highest BCUT2D eigenvalue weighted by atomic mass is 35.5. The Bertz CT molecular complexity index is 1460. The molecule has 1 amide bonds. The minimum absolute atomic E-state index is 0.000952. The number of carbonyl (C=O) groups is 1. The maximum atomic E-state index is 14.4. The summed E-state index contributed by atoms with van der Waals surface area (Å²) < 4.78 is 23.3. The minimum Gasteiger partial charge on any atom is -0.364 e. The molecule has 0 radical (unpaired) electrons. The molecule has 1 aromatic carbocycles. The zero-order valence-corrected chi connectivity index (χ0v) is 22.3. The Morgan fingerprint density at radius 1 is 1.18 bits per heavy atom. The number of aromatic nitrogens is 5. The summed E-state index contributed by atoms with van der Waals surface area (Å²) in [5.74, 6) is -0.432. The number of carbonyl (C=O) groups excluding carboxylic acids is 1. The number of pyridine rings is 1. The third-order valence-electron chi connectivity index (χ3n) is 6.11. The predicted octanol–water partition coefficient (Wildman–Crippen LogP) is 3.17. The fourth-order valence-corrected chi connectivity index (χ4v) is 5.17. The van der Waals surface area contributed by atoms with Gasteiger partial charge in [0, 0.05) is 57.6 Å². The average molecular weight is 557 g/mol. The average Bonchev–Trinajstić information content (AvgIpc) is 3.58. The number of piperazine rings is 1. The fourth-order valence-electron chi connectivity index (χ4n) is 4.27. The highest BCUT2D eigenvalue weighted by molar-refractivity contribution is 7.07. The molecular formula is C25H26ClFN8O2S. The SMILES string of the molecule is COCn1ccs/c1=N\c1cc(Cn2ccnn2)cc(CN2CCN(C(=O)c3cccc(Cl)c3F)CC2)n1. The van der Waals surface area contributed by atoms with Gasteiger partial charge in [0.1, 0.15) is 6.73 Å². The molecule has 4 aromatic rings. The highest BCUT2D eigenvalue weighted by Crippen LogP contribution is 2.21. The van der Waals surface area contributed by atoms with Crippen molar-refractivity contribution >= 4 is 34.7 Å². The molecule has 1 saturated heterocycles. The second-order valence-corrected chi connectivity index (χ2v) is 10.1. The highest BCUT2D eigenvalue weighted by Gasteiger charge is 2.25. The van der Waals surface area contributed by atoms with Crippen LogP contribution in [0.15, 0.2) is 59.3 Å². The van der Waals surface area contributed by atoms with Crippen molar-refractivity contribution in [1.29, 1.82) is 0 Å². The van der Waals surface area contributed by atoms with E-state index in [0.717, 1.165) is 16.1 Å². The fraction of sp³-hybridized carbons (Fsp3) is 0.320. The van der Waals surface area contributed by atoms with Gasteiger partial charge in [-0.25, -0.2) is 19.0 Å². The van der Waals surface area contributed by atoms with Crippen molar-refractivity contribution in [3.8, 4) is 0 Å². The molecule has 1 aliphatic heterocycles. The van der Waals surface area contributed by atoms with Crippen molar-refractivity contribution in [2.24, 2.45) is 4.99 Å². The molecule has 0 spiro atoms. The second-order valence-electron chi connectivity index (χ2n) is 8.78. The van der Waals surface area contributed by atoms with Crippen LogP contribution in [0.3, 0.4) is 0 Å². The summed E-state index contributed by atoms with van der Waals surface area (Å²) in [7, 11) is 1.64. The van der Waals surface area contributed by atoms with Gasteiger partial charge in [-0.2, -0.15) is 0 Å². The summed E-state index contributed by atoms with van der Waals surface area (Å²) in [6.45, 7) is 3.75. The van der Waals surface area contributed by atoms with E-state index in [4.69, 9.17) is 26.3 Å². The molecule has 1 aliphatic rings. The molecule has 1 fully saturated rings. The number of ether oxygens (including phenoxy) is 1. The molecule has 0 bridgehead atoms. The zero-order valence-electron chi connectivity index (χ0n) is 20.7. The van der Waals surface area contributed by atoms with Gasteiger partial charge < -0.3 is 9.64 Å². The van der Waals surface area contributed by atoms with Crippen molar-refractivity contribution < 1.29 is 13.9 Å². The predicted molar refractivity (Wildman–Crippen MR) is 140 cm³/mol. The van der Waals surface area contributed by atoms with Crippen molar-refractivity contribution in [3.05, 3.63) is 86.8 Å². The maximum absolute atomic E-state index is 14.4. The monoisotopic (exact) mass is 556 g/mol. The Hall–Kier alpha value is -3.45. The van der Waals surface area contributed by atoms with Crippen LogP contribution in [-0.2, 0) is 24.6 Å². The van der Waals surface area contributed by atoms with Crippen molar-refractivity contribution in [1.82, 2.24) is 34.3 Å². The van der Waals surface area contributed by atoms with E-state index < -0.39 is 5.82 Å². The van der Waals surface area contributed by atoms with Crippen LogP contribution in [0.2, 0.25) is 5.02 Å². The third kappa shape index (κ3) is 6.16. The van der Waals surface area contributed by atoms with Gasteiger partial charge in [0.05, 0.1) is 29.0 Å². The van der Waals surface area contributed by atoms with E-state index in [1.807, 2.05) is 34.5 Å². The van der Waals surface area contributed by atoms with Gasteiger partial charge in [0.15, 0.2) is 16.4 Å². The lowest BCUT2D eigenvalue weighted by Gasteiger charge is -2.34. The van der Waals surface area contributed by atoms with Crippen molar-refractivity contribution in [2.75, 3.05) is 33.3 Å². The first kappa shape index (κ1) is 26.2. The summed E-state index contributed by atoms with van der Waals surface area (Å²) in [5.41, 5.74) is 1.86. The number of nitrogens with zero attached hydrogens (tertiary/aromatic N) is 8. The molecule has 0 aliphatic carbocycles. The molecule has 13 heteroatoms. The molecule has 38 heavy (non-hydrogen) atoms. The number of halogens is 2. The lowest BCUT2D eigenvalue weighted by atomic mass is 10.1. The van der Waals surface area contributed by atoms with E-state index in [1.54, 1.807) is 29.0 Å². The van der Waals surface area contributed by atoms with Gasteiger partial charge >= 0.3 is 0 Å². The molecule has 0 saturated carbocycles. The van der Waals surface area contributed by atoms with Crippen LogP contribution >= 0.6 is 22.9 Å². The van der Waals surface area contributed by atoms with E-state index in [-0.39, 0.29) is 16.5 Å². The molecule has 4 heterocycles. The smallest absolute Gasteiger partial charge is 0.256 e. The third-order valence-corrected chi connectivity index (χ3v) is 7.19. The normalized spacial score (nSPS) is 14.8. The van der Waals surface area contributed by atoms with Crippen LogP contribution in [0.1, 0.15) is 21.6 Å². The molecular weight excluding hydrogens is 531 g/mol.